The Balaban J connectivity index is 1.05. The molecule has 5 aromatic heterocycles. The molecule has 7 heteroatoms. The van der Waals surface area contributed by atoms with Gasteiger partial charge >= 0.3 is 0 Å². The smallest absolute Gasteiger partial charge is 0.238 e. The first-order valence-electron chi connectivity index (χ1n) is 22.2. The minimum Gasteiger partial charge on any atom is -0.455 e. The first-order valence-corrected chi connectivity index (χ1v) is 23.0. The lowest BCUT2D eigenvalue weighted by molar-refractivity contribution is 0.670. The van der Waals surface area contributed by atoms with Gasteiger partial charge in [0.15, 0.2) is 11.6 Å². The Hall–Kier alpha value is -8.65. The van der Waals surface area contributed by atoms with E-state index >= 15 is 0 Å². The van der Waals surface area contributed by atoms with Crippen LogP contribution >= 0.6 is 11.3 Å². The van der Waals surface area contributed by atoms with Crippen molar-refractivity contribution < 1.29 is 4.42 Å². The SMILES string of the molecule is c1ccc2cc3c(cc2c1)oc1c(-c2nc(-c4ccc5c(c4)sc4ccccc45)nc(-n4c5ccccc5c5ccccc54)n2)ccc(-n2c4ccccc4c4cc5ccccc5cc42)c13. The molecule has 0 aliphatic heterocycles. The van der Waals surface area contributed by atoms with E-state index in [0.717, 1.165) is 82.4 Å². The lowest BCUT2D eigenvalue weighted by atomic mass is 10.0. The van der Waals surface area contributed by atoms with Gasteiger partial charge in [-0.15, -0.1) is 11.3 Å². The third-order valence-electron chi connectivity index (χ3n) is 13.5. The quantitative estimate of drug-likeness (QED) is 0.177. The maximum absolute atomic E-state index is 7.17. The normalized spacial score (nSPS) is 12.2. The van der Waals surface area contributed by atoms with E-state index in [1.165, 1.54) is 41.7 Å². The number of para-hydroxylation sites is 3. The molecular weight excluding hydrogens is 827 g/mol. The lowest BCUT2D eigenvalue weighted by Gasteiger charge is -2.14. The van der Waals surface area contributed by atoms with Gasteiger partial charge in [0.25, 0.3) is 0 Å². The Labute approximate surface area is 379 Å². The molecule has 0 amide bonds. The third-order valence-corrected chi connectivity index (χ3v) is 14.7. The van der Waals surface area contributed by atoms with Crippen LogP contribution in [0, 0.1) is 0 Å². The zero-order valence-corrected chi connectivity index (χ0v) is 35.9. The summed E-state index contributed by atoms with van der Waals surface area (Å²) in [5.74, 6) is 1.66. The molecule has 0 radical (unpaired) electrons. The van der Waals surface area contributed by atoms with Crippen LogP contribution in [0.4, 0.5) is 0 Å². The number of nitrogens with zero attached hydrogens (tertiary/aromatic N) is 5. The average molecular weight is 860 g/mol. The molecule has 0 spiro atoms. The number of hydrogen-bond acceptors (Lipinski definition) is 5. The highest BCUT2D eigenvalue weighted by Gasteiger charge is 2.25. The van der Waals surface area contributed by atoms with Crippen molar-refractivity contribution in [1.82, 2.24) is 24.1 Å². The molecular formula is C59H33N5OS. The second kappa shape index (κ2) is 13.4. The van der Waals surface area contributed by atoms with Crippen molar-refractivity contribution in [3.8, 4) is 34.4 Å². The molecule has 15 rings (SSSR count). The van der Waals surface area contributed by atoms with E-state index in [2.05, 4.69) is 209 Å². The van der Waals surface area contributed by atoms with Crippen LogP contribution in [-0.4, -0.2) is 24.1 Å². The summed E-state index contributed by atoms with van der Waals surface area (Å²) in [7, 11) is 0. The first-order chi connectivity index (χ1) is 32.7. The van der Waals surface area contributed by atoms with Crippen molar-refractivity contribution in [3.05, 3.63) is 200 Å². The van der Waals surface area contributed by atoms with Crippen molar-refractivity contribution >= 4 is 119 Å². The molecule has 15 aromatic rings. The zero-order chi connectivity index (χ0) is 43.0. The second-order valence-corrected chi connectivity index (χ2v) is 18.2. The summed E-state index contributed by atoms with van der Waals surface area (Å²) in [5, 5.41) is 13.8. The van der Waals surface area contributed by atoms with Crippen molar-refractivity contribution in [3.63, 3.8) is 0 Å². The minimum atomic E-state index is 0.529. The molecule has 0 bridgehead atoms. The summed E-state index contributed by atoms with van der Waals surface area (Å²) < 4.78 is 14.2. The maximum Gasteiger partial charge on any atom is 0.238 e. The highest BCUT2D eigenvalue weighted by molar-refractivity contribution is 7.25. The van der Waals surface area contributed by atoms with E-state index in [1.54, 1.807) is 11.3 Å². The fourth-order valence-electron chi connectivity index (χ4n) is 10.5. The molecule has 0 unspecified atom stereocenters. The van der Waals surface area contributed by atoms with Gasteiger partial charge in [0, 0.05) is 52.7 Å². The Morgan fingerprint density at radius 2 is 0.939 bits per heavy atom. The van der Waals surface area contributed by atoms with Crippen molar-refractivity contribution in [2.75, 3.05) is 0 Å². The third kappa shape index (κ3) is 5.08. The molecule has 0 aliphatic rings. The van der Waals surface area contributed by atoms with Crippen LogP contribution in [0.15, 0.2) is 205 Å². The van der Waals surface area contributed by atoms with Gasteiger partial charge in [-0.05, 0) is 88.3 Å². The second-order valence-electron chi connectivity index (χ2n) is 17.2. The molecule has 0 saturated carbocycles. The maximum atomic E-state index is 7.17. The number of furan rings is 1. The van der Waals surface area contributed by atoms with E-state index in [4.69, 9.17) is 19.4 Å². The van der Waals surface area contributed by atoms with Crippen LogP contribution in [0.5, 0.6) is 0 Å². The first kappa shape index (κ1) is 35.8. The van der Waals surface area contributed by atoms with E-state index in [-0.39, 0.29) is 0 Å². The molecule has 5 heterocycles. The Morgan fingerprint density at radius 3 is 1.67 bits per heavy atom. The number of aromatic nitrogens is 5. The van der Waals surface area contributed by atoms with Gasteiger partial charge in [-0.1, -0.05) is 133 Å². The average Bonchev–Trinajstić information content (AvgIpc) is 4.12. The van der Waals surface area contributed by atoms with Crippen LogP contribution < -0.4 is 0 Å². The van der Waals surface area contributed by atoms with Crippen LogP contribution in [0.25, 0.3) is 142 Å². The summed E-state index contributed by atoms with van der Waals surface area (Å²) in [5.41, 5.74) is 8.55. The summed E-state index contributed by atoms with van der Waals surface area (Å²) in [6, 6.07) is 71.4. The topological polar surface area (TPSA) is 61.7 Å². The van der Waals surface area contributed by atoms with Gasteiger partial charge in [-0.25, -0.2) is 4.98 Å². The van der Waals surface area contributed by atoms with Gasteiger partial charge in [0.1, 0.15) is 11.2 Å². The van der Waals surface area contributed by atoms with Crippen LogP contribution in [-0.2, 0) is 0 Å². The van der Waals surface area contributed by atoms with Crippen molar-refractivity contribution in [2.24, 2.45) is 0 Å². The number of hydrogen-bond donors (Lipinski definition) is 0. The Bertz CT molecular complexity index is 4500. The highest BCUT2D eigenvalue weighted by atomic mass is 32.1. The minimum absolute atomic E-state index is 0.529. The Kier molecular flexibility index (Phi) is 7.28. The molecule has 0 aliphatic carbocycles. The van der Waals surface area contributed by atoms with Crippen LogP contribution in [0.3, 0.4) is 0 Å². The zero-order valence-electron chi connectivity index (χ0n) is 35.1. The fourth-order valence-corrected chi connectivity index (χ4v) is 11.7. The van der Waals surface area contributed by atoms with Crippen LogP contribution in [0.1, 0.15) is 0 Å². The fraction of sp³-hybridized carbons (Fsp3) is 0. The molecule has 306 valence electrons. The van der Waals surface area contributed by atoms with Gasteiger partial charge in [-0.2, -0.15) is 9.97 Å². The highest BCUT2D eigenvalue weighted by Crippen LogP contribution is 2.44. The largest absolute Gasteiger partial charge is 0.455 e. The Morgan fingerprint density at radius 1 is 0.379 bits per heavy atom. The van der Waals surface area contributed by atoms with Gasteiger partial charge < -0.3 is 8.98 Å². The van der Waals surface area contributed by atoms with Crippen molar-refractivity contribution in [1.29, 1.82) is 0 Å². The lowest BCUT2D eigenvalue weighted by Crippen LogP contribution is -2.06. The number of benzene rings is 10. The van der Waals surface area contributed by atoms with E-state index < -0.39 is 0 Å². The number of rotatable bonds is 4. The van der Waals surface area contributed by atoms with Crippen LogP contribution in [0.2, 0.25) is 0 Å². The van der Waals surface area contributed by atoms with Gasteiger partial charge in [-0.3, -0.25) is 4.57 Å². The molecule has 0 fully saturated rings. The standard InChI is InChI=1S/C59H33N5OS/c1-3-15-36-31-51-45(29-34(36)13-1)41-19-7-9-21-47(41)63(51)50-28-27-44(56-55(50)46-30-35-14-2-4-16-37(35)32-52(46)65-56)58-60-57(38-25-26-43-42-20-8-12-24-53(42)66-54(43)33-38)61-59(62-58)64-48-22-10-5-17-39(48)40-18-6-11-23-49(40)64/h1-33H. The molecule has 0 N–H and O–H groups in total. The molecule has 10 aromatic carbocycles. The summed E-state index contributed by atoms with van der Waals surface area (Å²) >= 11 is 1.79. The van der Waals surface area contributed by atoms with Gasteiger partial charge in [0.2, 0.25) is 5.95 Å². The monoisotopic (exact) mass is 859 g/mol. The predicted octanol–water partition coefficient (Wildman–Crippen LogP) is 16.0. The number of fused-ring (bicyclic) bond motifs is 14. The molecule has 6 nitrogen and oxygen atoms in total. The molecule has 66 heavy (non-hydrogen) atoms. The summed E-state index contributed by atoms with van der Waals surface area (Å²) in [6.45, 7) is 0. The molecule has 0 saturated heterocycles. The van der Waals surface area contributed by atoms with E-state index in [0.29, 0.717) is 17.6 Å². The number of thiophene rings is 1. The van der Waals surface area contributed by atoms with Gasteiger partial charge in [0.05, 0.1) is 38.7 Å². The predicted molar refractivity (Wildman–Crippen MR) is 275 cm³/mol. The van der Waals surface area contributed by atoms with Crippen molar-refractivity contribution in [2.45, 2.75) is 0 Å². The summed E-state index contributed by atoms with van der Waals surface area (Å²) in [4.78, 5) is 16.2. The van der Waals surface area contributed by atoms with E-state index in [1.807, 2.05) is 0 Å². The summed E-state index contributed by atoms with van der Waals surface area (Å²) in [6.07, 6.45) is 0. The molecule has 0 atom stereocenters. The van der Waals surface area contributed by atoms with E-state index in [9.17, 15) is 0 Å².